The van der Waals surface area contributed by atoms with E-state index in [1.54, 1.807) is 25.3 Å². The van der Waals surface area contributed by atoms with Gasteiger partial charge in [0.15, 0.2) is 5.13 Å². The molecule has 2 rings (SSSR count). The summed E-state index contributed by atoms with van der Waals surface area (Å²) < 4.78 is 16.2. The molecule has 0 radical (unpaired) electrons. The van der Waals surface area contributed by atoms with Gasteiger partial charge in [-0.25, -0.2) is 9.78 Å². The van der Waals surface area contributed by atoms with Crippen LogP contribution in [0.5, 0.6) is 11.5 Å². The molecule has 8 nitrogen and oxygen atoms in total. The molecule has 0 aliphatic carbocycles. The van der Waals surface area contributed by atoms with E-state index in [2.05, 4.69) is 10.3 Å². The van der Waals surface area contributed by atoms with Crippen LogP contribution in [0.2, 0.25) is 0 Å². The van der Waals surface area contributed by atoms with Crippen molar-refractivity contribution < 1.29 is 28.9 Å². The SMILES string of the molecule is COCCOc1cc(OC(C)C)cc(C(=O)Nc2ncc(C(=O)O)s2)c1. The van der Waals surface area contributed by atoms with E-state index < -0.39 is 11.9 Å². The van der Waals surface area contributed by atoms with Crippen LogP contribution in [0.3, 0.4) is 0 Å². The molecule has 0 aliphatic heterocycles. The van der Waals surface area contributed by atoms with Gasteiger partial charge in [-0.1, -0.05) is 11.3 Å². The molecule has 2 aromatic rings. The molecule has 0 saturated carbocycles. The van der Waals surface area contributed by atoms with Crippen LogP contribution in [-0.2, 0) is 4.74 Å². The zero-order valence-electron chi connectivity index (χ0n) is 14.6. The summed E-state index contributed by atoms with van der Waals surface area (Å²) in [7, 11) is 1.57. The lowest BCUT2D eigenvalue weighted by Crippen LogP contribution is -2.13. The second kappa shape index (κ2) is 9.16. The molecule has 1 aromatic heterocycles. The molecule has 0 aliphatic rings. The van der Waals surface area contributed by atoms with Gasteiger partial charge < -0.3 is 19.3 Å². The fourth-order valence-corrected chi connectivity index (χ4v) is 2.62. The van der Waals surface area contributed by atoms with E-state index in [-0.39, 0.29) is 16.1 Å². The lowest BCUT2D eigenvalue weighted by molar-refractivity contribution is 0.0701. The number of aromatic nitrogens is 1. The van der Waals surface area contributed by atoms with Crippen molar-refractivity contribution >= 4 is 28.3 Å². The predicted molar refractivity (Wildman–Crippen MR) is 96.6 cm³/mol. The molecule has 1 amide bonds. The summed E-state index contributed by atoms with van der Waals surface area (Å²) in [5.74, 6) is -0.576. The van der Waals surface area contributed by atoms with E-state index in [0.29, 0.717) is 30.3 Å². The molecule has 0 fully saturated rings. The van der Waals surface area contributed by atoms with Crippen LogP contribution in [-0.4, -0.2) is 48.4 Å². The summed E-state index contributed by atoms with van der Waals surface area (Å²) in [5, 5.41) is 11.7. The van der Waals surface area contributed by atoms with Crippen molar-refractivity contribution in [2.24, 2.45) is 0 Å². The highest BCUT2D eigenvalue weighted by Crippen LogP contribution is 2.25. The normalized spacial score (nSPS) is 10.6. The highest BCUT2D eigenvalue weighted by atomic mass is 32.1. The van der Waals surface area contributed by atoms with E-state index in [4.69, 9.17) is 19.3 Å². The third kappa shape index (κ3) is 5.71. The highest BCUT2D eigenvalue weighted by Gasteiger charge is 2.15. The van der Waals surface area contributed by atoms with Crippen LogP contribution in [0.15, 0.2) is 24.4 Å². The zero-order valence-corrected chi connectivity index (χ0v) is 15.5. The number of carbonyl (C=O) groups excluding carboxylic acids is 1. The highest BCUT2D eigenvalue weighted by molar-refractivity contribution is 7.17. The van der Waals surface area contributed by atoms with Gasteiger partial charge in [0.2, 0.25) is 0 Å². The van der Waals surface area contributed by atoms with E-state index >= 15 is 0 Å². The standard InChI is InChI=1S/C17H20N2O6S/c1-10(2)25-13-7-11(6-12(8-13)24-5-4-23-3)15(20)19-17-18-9-14(26-17)16(21)22/h6-10H,4-5H2,1-3H3,(H,21,22)(H,18,19,20). The Morgan fingerprint density at radius 2 is 1.96 bits per heavy atom. The fourth-order valence-electron chi connectivity index (χ4n) is 1.97. The molecule has 0 unspecified atom stereocenters. The number of carbonyl (C=O) groups is 2. The van der Waals surface area contributed by atoms with Gasteiger partial charge in [-0.2, -0.15) is 0 Å². The molecule has 2 N–H and O–H groups in total. The molecule has 140 valence electrons. The summed E-state index contributed by atoms with van der Waals surface area (Å²) in [6, 6.07) is 4.85. The molecule has 0 spiro atoms. The number of anilines is 1. The summed E-state index contributed by atoms with van der Waals surface area (Å²) in [5.41, 5.74) is 0.308. The second-order valence-electron chi connectivity index (χ2n) is 5.49. The van der Waals surface area contributed by atoms with Gasteiger partial charge in [-0.05, 0) is 26.0 Å². The Hall–Kier alpha value is -2.65. The minimum absolute atomic E-state index is 0.0424. The Kier molecular flexibility index (Phi) is 6.93. The molecular formula is C17H20N2O6S. The van der Waals surface area contributed by atoms with Gasteiger partial charge in [0.05, 0.1) is 18.9 Å². The van der Waals surface area contributed by atoms with E-state index in [1.807, 2.05) is 13.8 Å². The smallest absolute Gasteiger partial charge is 0.347 e. The minimum atomic E-state index is -1.09. The zero-order chi connectivity index (χ0) is 19.1. The lowest BCUT2D eigenvalue weighted by atomic mass is 10.2. The number of hydrogen-bond acceptors (Lipinski definition) is 7. The number of benzene rings is 1. The average molecular weight is 380 g/mol. The number of aromatic carboxylic acids is 1. The van der Waals surface area contributed by atoms with Crippen LogP contribution in [0.25, 0.3) is 0 Å². The Morgan fingerprint density at radius 3 is 2.58 bits per heavy atom. The molecule has 0 atom stereocenters. The number of carboxylic acids is 1. The number of amides is 1. The molecule has 0 bridgehead atoms. The van der Waals surface area contributed by atoms with Gasteiger partial charge >= 0.3 is 5.97 Å². The fraction of sp³-hybridized carbons (Fsp3) is 0.353. The number of nitrogens with one attached hydrogen (secondary N) is 1. The number of carboxylic acid groups (broad SMARTS) is 1. The van der Waals surface area contributed by atoms with E-state index in [9.17, 15) is 9.59 Å². The third-order valence-corrected chi connectivity index (χ3v) is 3.91. The van der Waals surface area contributed by atoms with Crippen molar-refractivity contribution in [1.82, 2.24) is 4.98 Å². The van der Waals surface area contributed by atoms with Crippen LogP contribution < -0.4 is 14.8 Å². The number of nitrogens with zero attached hydrogens (tertiary/aromatic N) is 1. The first-order chi connectivity index (χ1) is 12.4. The van der Waals surface area contributed by atoms with Crippen molar-refractivity contribution in [2.45, 2.75) is 20.0 Å². The first kappa shape index (κ1) is 19.7. The Labute approximate surface area is 154 Å². The topological polar surface area (TPSA) is 107 Å². The number of ether oxygens (including phenoxy) is 3. The molecule has 26 heavy (non-hydrogen) atoms. The van der Waals surface area contributed by atoms with Crippen molar-refractivity contribution in [3.05, 3.63) is 34.8 Å². The van der Waals surface area contributed by atoms with E-state index in [0.717, 1.165) is 11.3 Å². The molecule has 1 aromatic carbocycles. The number of hydrogen-bond donors (Lipinski definition) is 2. The van der Waals surface area contributed by atoms with Gasteiger partial charge in [-0.15, -0.1) is 0 Å². The second-order valence-corrected chi connectivity index (χ2v) is 6.52. The van der Waals surface area contributed by atoms with Crippen molar-refractivity contribution in [1.29, 1.82) is 0 Å². The van der Waals surface area contributed by atoms with Crippen LogP contribution in [0.1, 0.15) is 33.9 Å². The number of thiazole rings is 1. The van der Waals surface area contributed by atoms with Gasteiger partial charge in [0, 0.05) is 18.7 Å². The average Bonchev–Trinajstić information content (AvgIpc) is 3.03. The van der Waals surface area contributed by atoms with Crippen molar-refractivity contribution in [3.63, 3.8) is 0 Å². The van der Waals surface area contributed by atoms with Gasteiger partial charge in [0.1, 0.15) is 23.0 Å². The first-order valence-electron chi connectivity index (χ1n) is 7.83. The maximum atomic E-state index is 12.5. The van der Waals surface area contributed by atoms with Gasteiger partial charge in [-0.3, -0.25) is 10.1 Å². The summed E-state index contributed by atoms with van der Waals surface area (Å²) >= 11 is 0.878. The maximum Gasteiger partial charge on any atom is 0.347 e. The molecule has 0 saturated heterocycles. The predicted octanol–water partition coefficient (Wildman–Crippen LogP) is 2.91. The monoisotopic (exact) mass is 380 g/mol. The summed E-state index contributed by atoms with van der Waals surface area (Å²) in [4.78, 5) is 27.3. The van der Waals surface area contributed by atoms with Gasteiger partial charge in [0.25, 0.3) is 5.91 Å². The van der Waals surface area contributed by atoms with Crippen LogP contribution in [0.4, 0.5) is 5.13 Å². The number of rotatable bonds is 9. The Morgan fingerprint density at radius 1 is 1.23 bits per heavy atom. The van der Waals surface area contributed by atoms with Crippen molar-refractivity contribution in [2.75, 3.05) is 25.6 Å². The minimum Gasteiger partial charge on any atom is -0.491 e. The van der Waals surface area contributed by atoms with Crippen LogP contribution >= 0.6 is 11.3 Å². The van der Waals surface area contributed by atoms with E-state index in [1.165, 1.54) is 6.20 Å². The molecule has 1 heterocycles. The van der Waals surface area contributed by atoms with Crippen molar-refractivity contribution in [3.8, 4) is 11.5 Å². The molecule has 9 heteroatoms. The summed E-state index contributed by atoms with van der Waals surface area (Å²) in [6.07, 6.45) is 1.12. The summed E-state index contributed by atoms with van der Waals surface area (Å²) in [6.45, 7) is 4.49. The maximum absolute atomic E-state index is 12.5. The quantitative estimate of drug-likeness (QED) is 0.644. The first-order valence-corrected chi connectivity index (χ1v) is 8.64. The Bertz CT molecular complexity index is 774. The number of methoxy groups -OCH3 is 1. The Balaban J connectivity index is 2.19. The van der Waals surface area contributed by atoms with Crippen LogP contribution in [0, 0.1) is 0 Å². The molecular weight excluding hydrogens is 360 g/mol. The third-order valence-electron chi connectivity index (χ3n) is 3.01. The largest absolute Gasteiger partial charge is 0.491 e. The lowest BCUT2D eigenvalue weighted by Gasteiger charge is -2.14.